The third-order valence-electron chi connectivity index (χ3n) is 2.64. The van der Waals surface area contributed by atoms with Crippen LogP contribution < -0.4 is 5.32 Å². The van der Waals surface area contributed by atoms with Gasteiger partial charge in [0.2, 0.25) is 0 Å². The molecule has 0 saturated carbocycles. The minimum absolute atomic E-state index is 0.693. The number of hydrogen-bond acceptors (Lipinski definition) is 6. The predicted octanol–water partition coefficient (Wildman–Crippen LogP) is 1.79. The van der Waals surface area contributed by atoms with E-state index in [4.69, 9.17) is 0 Å². The zero-order valence-electron chi connectivity index (χ0n) is 10.1. The Labute approximate surface area is 114 Å². The molecule has 1 N–H and O–H groups in total. The number of nitrogens with one attached hydrogen (secondary N) is 1. The second-order valence-electron chi connectivity index (χ2n) is 4.04. The van der Waals surface area contributed by atoms with Crippen molar-refractivity contribution < 1.29 is 0 Å². The number of aromatic nitrogens is 5. The normalized spacial score (nSPS) is 10.5. The van der Waals surface area contributed by atoms with Gasteiger partial charge >= 0.3 is 0 Å². The Balaban J connectivity index is 1.59. The molecule has 0 aliphatic heterocycles. The molecule has 0 aliphatic rings. The van der Waals surface area contributed by atoms with Crippen molar-refractivity contribution in [3.05, 3.63) is 53.6 Å². The summed E-state index contributed by atoms with van der Waals surface area (Å²) in [4.78, 5) is 3.92. The topological polar surface area (TPSA) is 68.5 Å². The van der Waals surface area contributed by atoms with Crippen molar-refractivity contribution in [2.75, 3.05) is 5.32 Å². The fourth-order valence-electron chi connectivity index (χ4n) is 1.68. The first-order chi connectivity index (χ1) is 9.40. The zero-order chi connectivity index (χ0) is 12.9. The van der Waals surface area contributed by atoms with Crippen molar-refractivity contribution in [2.24, 2.45) is 0 Å². The van der Waals surface area contributed by atoms with Crippen molar-refractivity contribution >= 4 is 17.2 Å². The van der Waals surface area contributed by atoms with Gasteiger partial charge in [0.05, 0.1) is 18.8 Å². The van der Waals surface area contributed by atoms with Crippen LogP contribution in [0.5, 0.6) is 0 Å². The molecule has 7 heteroatoms. The fraction of sp³-hybridized carbons (Fsp3) is 0.167. The van der Waals surface area contributed by atoms with Crippen LogP contribution in [0.1, 0.15) is 11.3 Å². The number of rotatable bonds is 5. The summed E-state index contributed by atoms with van der Waals surface area (Å²) in [5, 5.41) is 13.3. The Kier molecular flexibility index (Phi) is 3.46. The van der Waals surface area contributed by atoms with Crippen LogP contribution in [0.25, 0.3) is 0 Å². The largest absolute Gasteiger partial charge is 0.379 e. The quantitative estimate of drug-likeness (QED) is 0.767. The standard InChI is InChI=1S/C12H12N6S/c1-3-11(14-5-12-7-19-17-16-12)4-2-10(1)6-18-9-13-8-15-18/h1-4,7-9,14H,5-6H2. The molecule has 1 aromatic carbocycles. The third-order valence-corrected chi connectivity index (χ3v) is 3.20. The molecular formula is C12H12N6S. The zero-order valence-corrected chi connectivity index (χ0v) is 10.9. The van der Waals surface area contributed by atoms with E-state index in [0.717, 1.165) is 17.9 Å². The van der Waals surface area contributed by atoms with Gasteiger partial charge in [0, 0.05) is 11.1 Å². The summed E-state index contributed by atoms with van der Waals surface area (Å²) in [6, 6.07) is 8.24. The molecule has 6 nitrogen and oxygen atoms in total. The molecule has 0 bridgehead atoms. The van der Waals surface area contributed by atoms with Gasteiger partial charge in [-0.3, -0.25) is 0 Å². The molecule has 0 amide bonds. The summed E-state index contributed by atoms with van der Waals surface area (Å²) in [5.41, 5.74) is 3.21. The van der Waals surface area contributed by atoms with Gasteiger partial charge in [0.1, 0.15) is 12.7 Å². The summed E-state index contributed by atoms with van der Waals surface area (Å²) in [7, 11) is 0. The van der Waals surface area contributed by atoms with Crippen molar-refractivity contribution in [3.8, 4) is 0 Å². The maximum atomic E-state index is 4.08. The van der Waals surface area contributed by atoms with Crippen molar-refractivity contribution in [3.63, 3.8) is 0 Å². The van der Waals surface area contributed by atoms with Crippen LogP contribution in [-0.2, 0) is 13.1 Å². The average molecular weight is 272 g/mol. The summed E-state index contributed by atoms with van der Waals surface area (Å²) < 4.78 is 5.62. The van der Waals surface area contributed by atoms with Gasteiger partial charge in [-0.1, -0.05) is 16.6 Å². The summed E-state index contributed by atoms with van der Waals surface area (Å²) in [5.74, 6) is 0. The molecular weight excluding hydrogens is 260 g/mol. The lowest BCUT2D eigenvalue weighted by Crippen LogP contribution is -2.02. The first-order valence-electron chi connectivity index (χ1n) is 5.81. The van der Waals surface area contributed by atoms with Crippen LogP contribution in [0.2, 0.25) is 0 Å². The van der Waals surface area contributed by atoms with E-state index in [1.165, 1.54) is 23.4 Å². The van der Waals surface area contributed by atoms with E-state index in [1.54, 1.807) is 11.0 Å². The number of nitrogens with zero attached hydrogens (tertiary/aromatic N) is 5. The van der Waals surface area contributed by atoms with Gasteiger partial charge in [-0.05, 0) is 29.2 Å². The van der Waals surface area contributed by atoms with Crippen LogP contribution >= 0.6 is 11.5 Å². The summed E-state index contributed by atoms with van der Waals surface area (Å²) in [6.45, 7) is 1.43. The smallest absolute Gasteiger partial charge is 0.137 e. The van der Waals surface area contributed by atoms with Crippen LogP contribution in [0, 0.1) is 0 Å². The Bertz CT molecular complexity index is 602. The molecule has 0 aliphatic carbocycles. The predicted molar refractivity (Wildman–Crippen MR) is 72.8 cm³/mol. The molecule has 19 heavy (non-hydrogen) atoms. The van der Waals surface area contributed by atoms with Crippen molar-refractivity contribution in [1.82, 2.24) is 24.4 Å². The Morgan fingerprint density at radius 2 is 2.11 bits per heavy atom. The average Bonchev–Trinajstić information content (AvgIpc) is 3.11. The summed E-state index contributed by atoms with van der Waals surface area (Å²) in [6.07, 6.45) is 3.25. The number of hydrogen-bond donors (Lipinski definition) is 1. The Morgan fingerprint density at radius 3 is 2.79 bits per heavy atom. The van der Waals surface area contributed by atoms with Gasteiger partial charge in [-0.2, -0.15) is 5.10 Å². The highest BCUT2D eigenvalue weighted by atomic mass is 32.1. The molecule has 0 fully saturated rings. The lowest BCUT2D eigenvalue weighted by atomic mass is 10.2. The number of benzene rings is 1. The SMILES string of the molecule is c1ncn(Cc2ccc(NCc3csnn3)cc2)n1. The van der Waals surface area contributed by atoms with Crippen molar-refractivity contribution in [2.45, 2.75) is 13.1 Å². The monoisotopic (exact) mass is 272 g/mol. The van der Waals surface area contributed by atoms with Gasteiger partial charge in [0.15, 0.2) is 0 Å². The molecule has 0 saturated heterocycles. The second kappa shape index (κ2) is 5.57. The lowest BCUT2D eigenvalue weighted by Gasteiger charge is -2.06. The highest BCUT2D eigenvalue weighted by molar-refractivity contribution is 7.03. The third kappa shape index (κ3) is 3.14. The van der Waals surface area contributed by atoms with Crippen LogP contribution in [0.3, 0.4) is 0 Å². The van der Waals surface area contributed by atoms with E-state index in [-0.39, 0.29) is 0 Å². The molecule has 3 rings (SSSR count). The fourth-order valence-corrected chi connectivity index (χ4v) is 2.13. The first-order valence-corrected chi connectivity index (χ1v) is 6.65. The molecule has 0 radical (unpaired) electrons. The molecule has 2 heterocycles. The second-order valence-corrected chi connectivity index (χ2v) is 4.65. The van der Waals surface area contributed by atoms with Gasteiger partial charge in [-0.15, -0.1) is 5.10 Å². The van der Waals surface area contributed by atoms with Gasteiger partial charge < -0.3 is 5.32 Å². The minimum atomic E-state index is 0.693. The van der Waals surface area contributed by atoms with Crippen LogP contribution in [-0.4, -0.2) is 24.4 Å². The van der Waals surface area contributed by atoms with Crippen LogP contribution in [0.15, 0.2) is 42.3 Å². The maximum Gasteiger partial charge on any atom is 0.137 e. The van der Waals surface area contributed by atoms with Gasteiger partial charge in [0.25, 0.3) is 0 Å². The van der Waals surface area contributed by atoms with E-state index in [0.29, 0.717) is 6.54 Å². The van der Waals surface area contributed by atoms with Crippen molar-refractivity contribution in [1.29, 1.82) is 0 Å². The molecule has 3 aromatic rings. The highest BCUT2D eigenvalue weighted by Gasteiger charge is 1.98. The van der Waals surface area contributed by atoms with E-state index < -0.39 is 0 Å². The van der Waals surface area contributed by atoms with Gasteiger partial charge in [-0.25, -0.2) is 9.67 Å². The molecule has 2 aromatic heterocycles. The molecule has 0 spiro atoms. The maximum absolute atomic E-state index is 4.08. The number of anilines is 1. The van der Waals surface area contributed by atoms with E-state index >= 15 is 0 Å². The Morgan fingerprint density at radius 1 is 1.21 bits per heavy atom. The van der Waals surface area contributed by atoms with Crippen LogP contribution in [0.4, 0.5) is 5.69 Å². The van der Waals surface area contributed by atoms with E-state index in [1.807, 2.05) is 17.5 Å². The lowest BCUT2D eigenvalue weighted by molar-refractivity contribution is 0.685. The van der Waals surface area contributed by atoms with E-state index in [9.17, 15) is 0 Å². The first kappa shape index (κ1) is 11.8. The highest BCUT2D eigenvalue weighted by Crippen LogP contribution is 2.11. The van der Waals surface area contributed by atoms with E-state index in [2.05, 4.69) is 37.1 Å². The molecule has 0 unspecified atom stereocenters. The molecule has 96 valence electrons. The summed E-state index contributed by atoms with van der Waals surface area (Å²) >= 11 is 1.36. The minimum Gasteiger partial charge on any atom is -0.379 e. The Hall–Kier alpha value is -2.28. The molecule has 0 atom stereocenters.